The molecule has 5 heterocycles. The highest BCUT2D eigenvalue weighted by Crippen LogP contribution is 2.56. The van der Waals surface area contributed by atoms with Crippen molar-refractivity contribution in [3.05, 3.63) is 72.4 Å². The van der Waals surface area contributed by atoms with Gasteiger partial charge in [0.1, 0.15) is 23.7 Å². The van der Waals surface area contributed by atoms with Crippen molar-refractivity contribution in [1.29, 1.82) is 0 Å². The van der Waals surface area contributed by atoms with Gasteiger partial charge in [0.25, 0.3) is 5.79 Å². The lowest BCUT2D eigenvalue weighted by Gasteiger charge is -2.31. The summed E-state index contributed by atoms with van der Waals surface area (Å²) in [4.78, 5) is 73.3. The summed E-state index contributed by atoms with van der Waals surface area (Å²) in [5, 5.41) is 5.52. The Morgan fingerprint density at radius 2 is 1.28 bits per heavy atom. The number of nitrogens with one attached hydrogen (secondary N) is 4. The van der Waals surface area contributed by atoms with Crippen LogP contribution in [0.4, 0.5) is 9.59 Å². The Bertz CT molecular complexity index is 2780. The fourth-order valence-electron chi connectivity index (χ4n) is 11.3. The van der Waals surface area contributed by atoms with Crippen LogP contribution in [0.15, 0.2) is 60.8 Å². The summed E-state index contributed by atoms with van der Waals surface area (Å²) in [5.41, 5.74) is 7.31. The van der Waals surface area contributed by atoms with E-state index in [1.54, 1.807) is 0 Å². The molecule has 4 unspecified atom stereocenters. The van der Waals surface area contributed by atoms with Crippen LogP contribution in [0.1, 0.15) is 103 Å². The maximum absolute atomic E-state index is 14.1. The standard InChI is InChI=1S/C51H58N8O8/c1-25(2)42(56-49(62)64-5)47(60)58-37-19-31(37)21-39(58)45-52-24-36(55-45)28-11-9-27(10-12-28)30-17-33(44-41(23-30)66-51(67-44)15-7-8-16-51)29-13-14-34-35(18-29)54-46(53-34)40-22-32-20-38(32)59(40)48(61)43(26(3)4)57-50(63)65-6/h9-14,17-18,23-26,31-32,37-40,42-43H,7-8,15-16,19-22H2,1-6H3,(H,52,55)(H,53,54)(H,56,62)(H,57,63)/t31?,32?,37?,38?,39-,40-,42-,43-/m0/s1. The van der Waals surface area contributed by atoms with E-state index in [-0.39, 0.29) is 47.8 Å². The summed E-state index contributed by atoms with van der Waals surface area (Å²) < 4.78 is 23.2. The molecule has 5 aromatic rings. The number of carbonyl (C=O) groups is 4. The highest BCUT2D eigenvalue weighted by atomic mass is 16.7. The van der Waals surface area contributed by atoms with Gasteiger partial charge in [0.15, 0.2) is 11.5 Å². The number of aromatic nitrogens is 4. The van der Waals surface area contributed by atoms with E-state index in [2.05, 4.69) is 69.1 Å². The van der Waals surface area contributed by atoms with Crippen LogP contribution >= 0.6 is 0 Å². The van der Waals surface area contributed by atoms with Gasteiger partial charge < -0.3 is 49.3 Å². The van der Waals surface area contributed by atoms with Crippen LogP contribution in [0.2, 0.25) is 0 Å². The lowest BCUT2D eigenvalue weighted by Crippen LogP contribution is -2.52. The third kappa shape index (κ3) is 7.61. The molecule has 350 valence electrons. The fourth-order valence-corrected chi connectivity index (χ4v) is 11.3. The van der Waals surface area contributed by atoms with Crippen LogP contribution in [0, 0.1) is 23.7 Å². The number of ether oxygens (including phenoxy) is 4. The van der Waals surface area contributed by atoms with Gasteiger partial charge in [0, 0.05) is 30.5 Å². The molecule has 16 nitrogen and oxygen atoms in total. The Morgan fingerprint density at radius 1 is 0.701 bits per heavy atom. The van der Waals surface area contributed by atoms with E-state index in [9.17, 15) is 19.2 Å². The van der Waals surface area contributed by atoms with Crippen molar-refractivity contribution in [2.45, 2.75) is 121 Å². The number of H-pyrrole nitrogens is 2. The number of fused-ring (bicyclic) bond motifs is 4. The average Bonchev–Trinajstić information content (AvgIpc) is 3.76. The summed E-state index contributed by atoms with van der Waals surface area (Å²) >= 11 is 0. The van der Waals surface area contributed by atoms with E-state index < -0.39 is 30.1 Å². The van der Waals surface area contributed by atoms with Crippen molar-refractivity contribution in [2.75, 3.05) is 14.2 Å². The molecule has 3 aliphatic carbocycles. The van der Waals surface area contributed by atoms with Crippen molar-refractivity contribution in [3.8, 4) is 45.0 Å². The van der Waals surface area contributed by atoms with Gasteiger partial charge >= 0.3 is 12.2 Å². The third-order valence-electron chi connectivity index (χ3n) is 15.1. The second kappa shape index (κ2) is 16.3. The number of amides is 4. The number of hydrogen-bond acceptors (Lipinski definition) is 10. The highest BCUT2D eigenvalue weighted by Gasteiger charge is 2.57. The lowest BCUT2D eigenvalue weighted by atomic mass is 9.96. The van der Waals surface area contributed by atoms with Crippen molar-refractivity contribution >= 4 is 35.0 Å². The van der Waals surface area contributed by atoms with Crippen molar-refractivity contribution < 1.29 is 38.1 Å². The molecule has 6 aliphatic rings. The van der Waals surface area contributed by atoms with E-state index in [0.717, 1.165) is 119 Å². The second-order valence-corrected chi connectivity index (χ2v) is 20.1. The number of imidazole rings is 2. The molecule has 3 aromatic carbocycles. The van der Waals surface area contributed by atoms with Crippen molar-refractivity contribution in [2.24, 2.45) is 23.7 Å². The number of rotatable bonds is 11. The van der Waals surface area contributed by atoms with E-state index in [1.165, 1.54) is 14.2 Å². The summed E-state index contributed by atoms with van der Waals surface area (Å²) in [6.07, 6.45) is 7.86. The number of alkyl carbamates (subject to hydrolysis) is 2. The Balaban J connectivity index is 0.867. The monoisotopic (exact) mass is 910 g/mol. The van der Waals surface area contributed by atoms with E-state index in [1.807, 2.05) is 49.8 Å². The van der Waals surface area contributed by atoms with Crippen LogP contribution in [-0.4, -0.2) is 97.9 Å². The summed E-state index contributed by atoms with van der Waals surface area (Å²) in [5.74, 6) is 2.62. The number of benzene rings is 3. The number of methoxy groups -OCH3 is 2. The summed E-state index contributed by atoms with van der Waals surface area (Å²) in [6, 6.07) is 17.2. The van der Waals surface area contributed by atoms with Crippen LogP contribution < -0.4 is 20.1 Å². The maximum atomic E-state index is 14.1. The first-order chi connectivity index (χ1) is 32.3. The van der Waals surface area contributed by atoms with Crippen LogP contribution in [0.25, 0.3) is 44.5 Å². The van der Waals surface area contributed by atoms with Gasteiger partial charge in [-0.2, -0.15) is 0 Å². The van der Waals surface area contributed by atoms with Gasteiger partial charge in [-0.1, -0.05) is 58.0 Å². The minimum atomic E-state index is -0.709. The first kappa shape index (κ1) is 43.0. The average molecular weight is 911 g/mol. The molecular weight excluding hydrogens is 853 g/mol. The zero-order valence-corrected chi connectivity index (χ0v) is 38.8. The quantitative estimate of drug-likeness (QED) is 0.100. The number of aromatic amines is 2. The van der Waals surface area contributed by atoms with Gasteiger partial charge in [0.05, 0.1) is 49.2 Å². The second-order valence-electron chi connectivity index (χ2n) is 20.1. The molecule has 8 atom stereocenters. The molecule has 2 aromatic heterocycles. The van der Waals surface area contributed by atoms with E-state index in [0.29, 0.717) is 11.8 Å². The van der Waals surface area contributed by atoms with Gasteiger partial charge in [0.2, 0.25) is 11.8 Å². The van der Waals surface area contributed by atoms with Crippen molar-refractivity contribution in [3.63, 3.8) is 0 Å². The topological polar surface area (TPSA) is 193 Å². The molecule has 5 fully saturated rings. The fraction of sp³-hybridized carbons (Fsp3) is 0.490. The Morgan fingerprint density at radius 3 is 1.88 bits per heavy atom. The van der Waals surface area contributed by atoms with Gasteiger partial charge in [-0.3, -0.25) is 9.59 Å². The normalized spacial score (nSPS) is 24.8. The molecule has 2 saturated heterocycles. The van der Waals surface area contributed by atoms with Crippen LogP contribution in [0.3, 0.4) is 0 Å². The predicted octanol–water partition coefficient (Wildman–Crippen LogP) is 8.41. The third-order valence-corrected chi connectivity index (χ3v) is 15.1. The molecule has 4 amide bonds. The molecule has 0 radical (unpaired) electrons. The number of carbonyl (C=O) groups excluding carboxylic acids is 4. The van der Waals surface area contributed by atoms with Crippen LogP contribution in [-0.2, 0) is 19.1 Å². The summed E-state index contributed by atoms with van der Waals surface area (Å²) in [6.45, 7) is 7.69. The van der Waals surface area contributed by atoms with E-state index >= 15 is 0 Å². The largest absolute Gasteiger partial charge is 0.453 e. The minimum Gasteiger partial charge on any atom is -0.453 e. The molecule has 0 bridgehead atoms. The minimum absolute atomic E-state index is 0.110. The smallest absolute Gasteiger partial charge is 0.407 e. The first-order valence-electron chi connectivity index (χ1n) is 23.9. The highest BCUT2D eigenvalue weighted by molar-refractivity contribution is 5.90. The maximum Gasteiger partial charge on any atom is 0.407 e. The summed E-state index contributed by atoms with van der Waals surface area (Å²) in [7, 11) is 2.61. The van der Waals surface area contributed by atoms with Gasteiger partial charge in [-0.05, 0) is 109 Å². The molecule has 3 aliphatic heterocycles. The van der Waals surface area contributed by atoms with Crippen LogP contribution in [0.5, 0.6) is 11.5 Å². The Labute approximate surface area is 388 Å². The molecule has 4 N–H and O–H groups in total. The SMILES string of the molecule is COC(=O)N[C@H](C(=O)N1C2CC2C[C@H]1c1ncc(-c2ccc(-c3cc4c(c(-c5ccc6nc([C@@H]7CC8CC8N7C(=O)[C@@H](NC(=O)OC)C(C)C)[nH]c6c5)c3)OC3(CCCC3)O4)cc2)[nH]1)C(C)C. The Hall–Kier alpha value is -6.58. The number of nitrogens with zero attached hydrogens (tertiary/aromatic N) is 4. The molecular formula is C51H58N8O8. The zero-order valence-electron chi connectivity index (χ0n) is 38.8. The first-order valence-corrected chi connectivity index (χ1v) is 23.9. The molecule has 11 rings (SSSR count). The number of hydrogen-bond donors (Lipinski definition) is 4. The Kier molecular flexibility index (Phi) is 10.5. The lowest BCUT2D eigenvalue weighted by molar-refractivity contribution is -0.137. The molecule has 16 heteroatoms. The van der Waals surface area contributed by atoms with E-state index in [4.69, 9.17) is 28.9 Å². The predicted molar refractivity (Wildman–Crippen MR) is 248 cm³/mol. The van der Waals surface area contributed by atoms with Gasteiger partial charge in [-0.25, -0.2) is 19.6 Å². The molecule has 67 heavy (non-hydrogen) atoms. The molecule has 1 spiro atoms. The number of piperidine rings is 2. The number of likely N-dealkylation sites (tertiary alicyclic amines) is 2. The van der Waals surface area contributed by atoms with Gasteiger partial charge in [-0.15, -0.1) is 0 Å². The molecule has 3 saturated carbocycles. The zero-order chi connectivity index (χ0) is 46.5. The van der Waals surface area contributed by atoms with Crippen molar-refractivity contribution in [1.82, 2.24) is 40.4 Å².